The Morgan fingerprint density at radius 3 is 2.61 bits per heavy atom. The second kappa shape index (κ2) is 10.3. The average molecular weight is 515 g/mol. The van der Waals surface area contributed by atoms with Gasteiger partial charge in [-0.15, -0.1) is 5.10 Å². The van der Waals surface area contributed by atoms with Crippen LogP contribution in [-0.2, 0) is 18.6 Å². The molecule has 0 unspecified atom stereocenters. The van der Waals surface area contributed by atoms with Gasteiger partial charge >= 0.3 is 0 Å². The third-order valence-corrected chi connectivity index (χ3v) is 7.10. The maximum Gasteiger partial charge on any atom is 0.253 e. The molecule has 3 heterocycles. The first-order valence-electron chi connectivity index (χ1n) is 12.7. The molecular weight excluding hydrogens is 483 g/mol. The molecule has 0 saturated carbocycles. The summed E-state index contributed by atoms with van der Waals surface area (Å²) in [6.07, 6.45) is 2.40. The van der Waals surface area contributed by atoms with E-state index in [2.05, 4.69) is 46.2 Å². The molecule has 5 rings (SSSR count). The Kier molecular flexibility index (Phi) is 6.94. The van der Waals surface area contributed by atoms with Crippen LogP contribution < -0.4 is 5.56 Å². The number of aromatic amines is 1. The van der Waals surface area contributed by atoms with E-state index < -0.39 is 11.6 Å². The van der Waals surface area contributed by atoms with Crippen molar-refractivity contribution in [1.29, 1.82) is 0 Å². The Hall–Kier alpha value is -4.11. The lowest BCUT2D eigenvalue weighted by Gasteiger charge is -2.33. The standard InChI is InChI=1S/C29H31FN6O2/c1-5-29(3,4)36-27(32-33-34-36)26(24-16-21-15-19(2)8-13-25(21)31-28(24)37)35(18-23-7-6-14-38-23)17-20-9-11-22(30)12-10-20/h6-16,26H,5,17-18H2,1-4H3,(H,31,37)/t26-/m0/s1. The molecule has 5 aromatic rings. The van der Waals surface area contributed by atoms with Gasteiger partial charge in [0.2, 0.25) is 0 Å². The van der Waals surface area contributed by atoms with Gasteiger partial charge in [0.1, 0.15) is 17.6 Å². The van der Waals surface area contributed by atoms with E-state index in [0.717, 1.165) is 34.2 Å². The summed E-state index contributed by atoms with van der Waals surface area (Å²) in [7, 11) is 0. The van der Waals surface area contributed by atoms with Gasteiger partial charge in [0.05, 0.1) is 18.3 Å². The second-order valence-electron chi connectivity index (χ2n) is 10.3. The van der Waals surface area contributed by atoms with Crippen molar-refractivity contribution in [3.05, 3.63) is 111 Å². The second-order valence-corrected chi connectivity index (χ2v) is 10.3. The normalized spacial score (nSPS) is 12.9. The molecule has 0 amide bonds. The van der Waals surface area contributed by atoms with Crippen LogP contribution >= 0.6 is 0 Å². The first-order chi connectivity index (χ1) is 18.2. The maximum absolute atomic E-state index is 13.7. The van der Waals surface area contributed by atoms with Crippen LogP contribution in [0, 0.1) is 12.7 Å². The largest absolute Gasteiger partial charge is 0.468 e. The number of hydrogen-bond acceptors (Lipinski definition) is 6. The minimum absolute atomic E-state index is 0.223. The van der Waals surface area contributed by atoms with Gasteiger partial charge in [-0.2, -0.15) is 0 Å². The van der Waals surface area contributed by atoms with Crippen molar-refractivity contribution in [3.63, 3.8) is 0 Å². The predicted octanol–water partition coefficient (Wildman–Crippen LogP) is 5.49. The SMILES string of the molecule is CCC(C)(C)n1nnnc1[C@H](c1cc2cc(C)ccc2[nH]c1=O)N(Cc1ccc(F)cc1)Cc1ccco1. The molecule has 9 heteroatoms. The quantitative estimate of drug-likeness (QED) is 0.280. The number of tetrazole rings is 1. The van der Waals surface area contributed by atoms with Gasteiger partial charge in [-0.05, 0) is 91.0 Å². The zero-order chi connectivity index (χ0) is 26.9. The fraction of sp³-hybridized carbons (Fsp3) is 0.310. The van der Waals surface area contributed by atoms with Crippen molar-refractivity contribution in [2.45, 2.75) is 58.8 Å². The number of rotatable bonds is 9. The summed E-state index contributed by atoms with van der Waals surface area (Å²) in [6.45, 7) is 8.99. The van der Waals surface area contributed by atoms with Crippen molar-refractivity contribution in [2.24, 2.45) is 0 Å². The Bertz CT molecular complexity index is 1590. The molecule has 0 spiro atoms. The number of halogens is 1. The molecule has 1 N–H and O–H groups in total. The lowest BCUT2D eigenvalue weighted by atomic mass is 9.98. The zero-order valence-corrected chi connectivity index (χ0v) is 22.0. The highest BCUT2D eigenvalue weighted by molar-refractivity contribution is 5.79. The molecule has 0 fully saturated rings. The van der Waals surface area contributed by atoms with Crippen LogP contribution in [0.5, 0.6) is 0 Å². The van der Waals surface area contributed by atoms with Gasteiger partial charge in [0.25, 0.3) is 5.56 Å². The van der Waals surface area contributed by atoms with Gasteiger partial charge in [-0.3, -0.25) is 9.69 Å². The molecule has 8 nitrogen and oxygen atoms in total. The van der Waals surface area contributed by atoms with Gasteiger partial charge < -0.3 is 9.40 Å². The first-order valence-corrected chi connectivity index (χ1v) is 12.7. The topological polar surface area (TPSA) is 92.8 Å². The molecule has 1 atom stereocenters. The summed E-state index contributed by atoms with van der Waals surface area (Å²) in [5.41, 5.74) is 2.61. The Balaban J connectivity index is 1.73. The summed E-state index contributed by atoms with van der Waals surface area (Å²) in [6, 6.07) is 17.3. The van der Waals surface area contributed by atoms with Crippen molar-refractivity contribution in [1.82, 2.24) is 30.1 Å². The van der Waals surface area contributed by atoms with Gasteiger partial charge in [0, 0.05) is 17.6 Å². The van der Waals surface area contributed by atoms with Crippen LogP contribution in [0.1, 0.15) is 61.5 Å². The summed E-state index contributed by atoms with van der Waals surface area (Å²) in [5, 5.41) is 13.8. The molecule has 2 aromatic carbocycles. The molecule has 0 saturated heterocycles. The van der Waals surface area contributed by atoms with Gasteiger partial charge in [-0.1, -0.05) is 30.7 Å². The van der Waals surface area contributed by atoms with Crippen molar-refractivity contribution < 1.29 is 8.81 Å². The van der Waals surface area contributed by atoms with Crippen LogP contribution in [-0.4, -0.2) is 30.1 Å². The number of benzene rings is 2. The van der Waals surface area contributed by atoms with E-state index in [9.17, 15) is 9.18 Å². The van der Waals surface area contributed by atoms with E-state index in [4.69, 9.17) is 4.42 Å². The lowest BCUT2D eigenvalue weighted by Crippen LogP contribution is -2.38. The minimum Gasteiger partial charge on any atom is -0.468 e. The summed E-state index contributed by atoms with van der Waals surface area (Å²) in [4.78, 5) is 18.8. The predicted molar refractivity (Wildman–Crippen MR) is 143 cm³/mol. The van der Waals surface area contributed by atoms with Crippen molar-refractivity contribution in [3.8, 4) is 0 Å². The van der Waals surface area contributed by atoms with Gasteiger partial charge in [-0.25, -0.2) is 9.07 Å². The highest BCUT2D eigenvalue weighted by Gasteiger charge is 2.35. The van der Waals surface area contributed by atoms with E-state index >= 15 is 0 Å². The average Bonchev–Trinajstić information content (AvgIpc) is 3.59. The molecule has 38 heavy (non-hydrogen) atoms. The summed E-state index contributed by atoms with van der Waals surface area (Å²) < 4.78 is 21.2. The van der Waals surface area contributed by atoms with Gasteiger partial charge in [0.15, 0.2) is 5.82 Å². The third-order valence-electron chi connectivity index (χ3n) is 7.10. The molecule has 0 radical (unpaired) electrons. The van der Waals surface area contributed by atoms with E-state index in [1.54, 1.807) is 23.1 Å². The third kappa shape index (κ3) is 5.15. The summed E-state index contributed by atoms with van der Waals surface area (Å²) >= 11 is 0. The lowest BCUT2D eigenvalue weighted by molar-refractivity contribution is 0.168. The Morgan fingerprint density at radius 1 is 1.11 bits per heavy atom. The fourth-order valence-electron chi connectivity index (χ4n) is 4.66. The highest BCUT2D eigenvalue weighted by atomic mass is 19.1. The maximum atomic E-state index is 13.7. The van der Waals surface area contributed by atoms with E-state index in [1.165, 1.54) is 12.1 Å². The molecule has 0 aliphatic carbocycles. The zero-order valence-electron chi connectivity index (χ0n) is 22.0. The number of nitrogens with one attached hydrogen (secondary N) is 1. The number of aromatic nitrogens is 5. The number of aryl methyl sites for hydroxylation is 1. The number of pyridine rings is 1. The Morgan fingerprint density at radius 2 is 1.89 bits per heavy atom. The number of hydrogen-bond donors (Lipinski definition) is 1. The number of nitrogens with zero attached hydrogens (tertiary/aromatic N) is 5. The minimum atomic E-state index is -0.625. The van der Waals surface area contributed by atoms with Crippen molar-refractivity contribution in [2.75, 3.05) is 0 Å². The number of fused-ring (bicyclic) bond motifs is 1. The fourth-order valence-corrected chi connectivity index (χ4v) is 4.66. The molecular formula is C29H31FN6O2. The molecule has 196 valence electrons. The molecule has 0 bridgehead atoms. The number of H-pyrrole nitrogens is 1. The number of furan rings is 1. The Labute approximate surface area is 220 Å². The smallest absolute Gasteiger partial charge is 0.253 e. The highest BCUT2D eigenvalue weighted by Crippen LogP contribution is 2.33. The van der Waals surface area contributed by atoms with E-state index in [1.807, 2.05) is 43.3 Å². The monoisotopic (exact) mass is 514 g/mol. The molecule has 0 aliphatic rings. The van der Waals surface area contributed by atoms with E-state index in [0.29, 0.717) is 24.5 Å². The molecule has 0 aliphatic heterocycles. The van der Waals surface area contributed by atoms with Crippen LogP contribution in [0.2, 0.25) is 0 Å². The first kappa shape index (κ1) is 25.5. The summed E-state index contributed by atoms with van der Waals surface area (Å²) in [5.74, 6) is 0.958. The van der Waals surface area contributed by atoms with Crippen LogP contribution in [0.3, 0.4) is 0 Å². The van der Waals surface area contributed by atoms with Crippen LogP contribution in [0.4, 0.5) is 4.39 Å². The molecule has 3 aromatic heterocycles. The van der Waals surface area contributed by atoms with Crippen LogP contribution in [0.15, 0.2) is 76.1 Å². The van der Waals surface area contributed by atoms with Crippen LogP contribution in [0.25, 0.3) is 10.9 Å². The van der Waals surface area contributed by atoms with Crippen molar-refractivity contribution >= 4 is 10.9 Å². The van der Waals surface area contributed by atoms with E-state index in [-0.39, 0.29) is 11.4 Å².